The molecule has 9 rings (SSSR count). The predicted molar refractivity (Wildman–Crippen MR) is 214 cm³/mol. The normalized spacial score (nSPS) is 13.5. The van der Waals surface area contributed by atoms with Crippen LogP contribution in [0.4, 0.5) is 70.2 Å². The number of hydrogen-bond donors (Lipinski definition) is 0. The van der Waals surface area contributed by atoms with Gasteiger partial charge < -0.3 is 9.13 Å². The molecule has 0 bridgehead atoms. The Morgan fingerprint density at radius 2 is 0.485 bits per heavy atom. The van der Waals surface area contributed by atoms with E-state index in [0.29, 0.717) is 67.9 Å². The van der Waals surface area contributed by atoms with Gasteiger partial charge in [0.25, 0.3) is 0 Å². The number of benzene rings is 7. The highest BCUT2D eigenvalue weighted by molar-refractivity contribution is 6.10. The molecule has 0 spiro atoms. The molecule has 9 aromatic rings. The Morgan fingerprint density at radius 3 is 0.697 bits per heavy atom. The van der Waals surface area contributed by atoms with Gasteiger partial charge in [0.1, 0.15) is 0 Å². The van der Waals surface area contributed by atoms with Crippen LogP contribution in [-0.2, 0) is 10.8 Å². The summed E-state index contributed by atoms with van der Waals surface area (Å²) in [7, 11) is 0. The molecule has 0 aliphatic carbocycles. The van der Waals surface area contributed by atoms with Gasteiger partial charge in [-0.15, -0.1) is 0 Å². The van der Waals surface area contributed by atoms with Crippen LogP contribution in [0.1, 0.15) is 22.3 Å². The van der Waals surface area contributed by atoms with E-state index < -0.39 is 81.1 Å². The molecule has 0 atom stereocenters. The molecule has 66 heavy (non-hydrogen) atoms. The fourth-order valence-corrected chi connectivity index (χ4v) is 9.24. The summed E-state index contributed by atoms with van der Waals surface area (Å²) in [5.41, 5.74) is -22.5. The standard InChI is InChI=1S/C48H24F16N2/c49-39-37(43(45(53,54)55,46(56,57)58)25-17-21-27(22-18-25)65-33-13-5-1-9-29(33)30-10-2-6-14-34(30)65)40(50)42(52)38(41(39)51)44(47(59,60)61,48(62,63)64)26-19-23-28(24-20-26)66-35-15-7-3-11-31(35)32-12-4-8-16-36(32)66/h1-24H. The summed E-state index contributed by atoms with van der Waals surface area (Å²) in [5, 5.41) is 2.33. The lowest BCUT2D eigenvalue weighted by molar-refractivity contribution is -0.293. The highest BCUT2D eigenvalue weighted by Gasteiger charge is 2.77. The monoisotopic (exact) mass is 932 g/mol. The number of alkyl halides is 12. The van der Waals surface area contributed by atoms with Gasteiger partial charge in [-0.1, -0.05) is 97.1 Å². The van der Waals surface area contributed by atoms with Gasteiger partial charge in [0.2, 0.25) is 10.8 Å². The quantitative estimate of drug-likeness (QED) is 0.116. The summed E-state index contributed by atoms with van der Waals surface area (Å²) < 4.78 is 252. The molecule has 0 fully saturated rings. The number of halogens is 16. The number of para-hydroxylation sites is 4. The Morgan fingerprint density at radius 1 is 0.273 bits per heavy atom. The first-order valence-corrected chi connectivity index (χ1v) is 19.3. The third kappa shape index (κ3) is 5.98. The maximum atomic E-state index is 16.4. The number of nitrogens with zero attached hydrogens (tertiary/aromatic N) is 2. The van der Waals surface area contributed by atoms with Crippen LogP contribution in [0.5, 0.6) is 0 Å². The fraction of sp³-hybridized carbons (Fsp3) is 0.125. The lowest BCUT2D eigenvalue weighted by atomic mass is 9.68. The zero-order chi connectivity index (χ0) is 47.5. The van der Waals surface area contributed by atoms with E-state index in [1.807, 2.05) is 0 Å². The summed E-state index contributed by atoms with van der Waals surface area (Å²) in [4.78, 5) is 0. The van der Waals surface area contributed by atoms with Crippen molar-refractivity contribution in [3.63, 3.8) is 0 Å². The predicted octanol–water partition coefficient (Wildman–Crippen LogP) is 15.3. The molecule has 0 saturated carbocycles. The zero-order valence-corrected chi connectivity index (χ0v) is 32.8. The first-order chi connectivity index (χ1) is 31.0. The Labute approximate surface area is 360 Å². The molecule has 0 radical (unpaired) electrons. The van der Waals surface area contributed by atoms with Crippen LogP contribution in [0, 0.1) is 23.3 Å². The molecule has 0 unspecified atom stereocenters. The summed E-state index contributed by atoms with van der Waals surface area (Å²) >= 11 is 0. The Balaban J connectivity index is 1.27. The van der Waals surface area contributed by atoms with Gasteiger partial charge in [-0.2, -0.15) is 52.7 Å². The lowest BCUT2D eigenvalue weighted by Gasteiger charge is -2.41. The van der Waals surface area contributed by atoms with Crippen LogP contribution >= 0.6 is 0 Å². The third-order valence-electron chi connectivity index (χ3n) is 12.0. The maximum absolute atomic E-state index is 16.4. The van der Waals surface area contributed by atoms with Crippen LogP contribution in [0.25, 0.3) is 55.0 Å². The van der Waals surface area contributed by atoms with Gasteiger partial charge in [0.05, 0.1) is 33.2 Å². The molecule has 0 aliphatic rings. The highest BCUT2D eigenvalue weighted by atomic mass is 19.4. The molecule has 2 heterocycles. The molecule has 7 aromatic carbocycles. The average molecular weight is 933 g/mol. The topological polar surface area (TPSA) is 9.86 Å². The van der Waals surface area contributed by atoms with Crippen molar-refractivity contribution >= 4 is 43.6 Å². The zero-order valence-electron chi connectivity index (χ0n) is 32.8. The molecular weight excluding hydrogens is 909 g/mol. The van der Waals surface area contributed by atoms with Crippen LogP contribution in [0.15, 0.2) is 146 Å². The third-order valence-corrected chi connectivity index (χ3v) is 12.0. The van der Waals surface area contributed by atoms with Gasteiger partial charge in [0, 0.05) is 32.9 Å². The highest BCUT2D eigenvalue weighted by Crippen LogP contribution is 2.61. The molecule has 0 N–H and O–H groups in total. The second-order valence-corrected chi connectivity index (χ2v) is 15.3. The van der Waals surface area contributed by atoms with Crippen molar-refractivity contribution in [2.24, 2.45) is 0 Å². The van der Waals surface area contributed by atoms with Crippen molar-refractivity contribution in [1.29, 1.82) is 0 Å². The van der Waals surface area contributed by atoms with E-state index in [1.54, 1.807) is 97.1 Å². The van der Waals surface area contributed by atoms with Gasteiger partial charge >= 0.3 is 24.7 Å². The number of fused-ring (bicyclic) bond motifs is 6. The molecule has 2 aromatic heterocycles. The Bertz CT molecular complexity index is 2960. The van der Waals surface area contributed by atoms with E-state index in [-0.39, 0.29) is 35.6 Å². The molecule has 0 amide bonds. The van der Waals surface area contributed by atoms with Gasteiger partial charge in [-0.3, -0.25) is 0 Å². The van der Waals surface area contributed by atoms with Crippen LogP contribution in [0.3, 0.4) is 0 Å². The van der Waals surface area contributed by atoms with Gasteiger partial charge in [-0.25, -0.2) is 17.6 Å². The van der Waals surface area contributed by atoms with Crippen LogP contribution in [0.2, 0.25) is 0 Å². The number of rotatable bonds is 6. The van der Waals surface area contributed by atoms with E-state index in [4.69, 9.17) is 0 Å². The van der Waals surface area contributed by atoms with E-state index in [2.05, 4.69) is 0 Å². The molecule has 2 nitrogen and oxygen atoms in total. The SMILES string of the molecule is Fc1c(F)c(C(c2ccc(-n3c4ccccc4c4ccccc43)cc2)(C(F)(F)F)C(F)(F)F)c(F)c(F)c1C(c1ccc(-n2c3ccccc3c3ccccc32)cc1)(C(F)(F)F)C(F)(F)F. The summed E-state index contributed by atoms with van der Waals surface area (Å²) in [6, 6.07) is 28.6. The Hall–Kier alpha value is -6.98. The van der Waals surface area contributed by atoms with Crippen molar-refractivity contribution in [1.82, 2.24) is 9.13 Å². The second-order valence-electron chi connectivity index (χ2n) is 15.3. The van der Waals surface area contributed by atoms with E-state index in [9.17, 15) is 0 Å². The first kappa shape index (κ1) is 44.2. The maximum Gasteiger partial charge on any atom is 0.411 e. The number of hydrogen-bond acceptors (Lipinski definition) is 0. The minimum atomic E-state index is -7.03. The summed E-state index contributed by atoms with van der Waals surface area (Å²) in [6.07, 6.45) is -28.1. The summed E-state index contributed by atoms with van der Waals surface area (Å²) in [5.74, 6) is -15.3. The number of aromatic nitrogens is 2. The smallest absolute Gasteiger partial charge is 0.309 e. The van der Waals surface area contributed by atoms with Crippen LogP contribution < -0.4 is 0 Å². The van der Waals surface area contributed by atoms with Crippen LogP contribution in [-0.4, -0.2) is 33.8 Å². The molecule has 338 valence electrons. The second kappa shape index (κ2) is 14.8. The van der Waals surface area contributed by atoms with Gasteiger partial charge in [-0.05, 0) is 59.7 Å². The molecule has 0 aliphatic heterocycles. The minimum Gasteiger partial charge on any atom is -0.309 e. The largest absolute Gasteiger partial charge is 0.411 e. The Kier molecular flexibility index (Phi) is 9.90. The van der Waals surface area contributed by atoms with E-state index >= 15 is 70.2 Å². The van der Waals surface area contributed by atoms with Crippen molar-refractivity contribution in [3.05, 3.63) is 191 Å². The van der Waals surface area contributed by atoms with E-state index in [1.165, 1.54) is 9.13 Å². The minimum absolute atomic E-state index is 0.0803. The first-order valence-electron chi connectivity index (χ1n) is 19.3. The molecule has 0 saturated heterocycles. The van der Waals surface area contributed by atoms with E-state index in [0.717, 1.165) is 0 Å². The molecule has 18 heteroatoms. The molecular formula is C48H24F16N2. The van der Waals surface area contributed by atoms with Crippen molar-refractivity contribution < 1.29 is 70.2 Å². The summed E-state index contributed by atoms with van der Waals surface area (Å²) in [6.45, 7) is 0. The van der Waals surface area contributed by atoms with Crippen molar-refractivity contribution in [2.45, 2.75) is 35.5 Å². The average Bonchev–Trinajstić information content (AvgIpc) is 3.77. The fourth-order valence-electron chi connectivity index (χ4n) is 9.24. The van der Waals surface area contributed by atoms with Crippen molar-refractivity contribution in [2.75, 3.05) is 0 Å². The lowest BCUT2D eigenvalue weighted by Crippen LogP contribution is -2.58. The van der Waals surface area contributed by atoms with Gasteiger partial charge in [0.15, 0.2) is 23.3 Å². The van der Waals surface area contributed by atoms with Crippen molar-refractivity contribution in [3.8, 4) is 11.4 Å².